The molecule has 0 spiro atoms. The van der Waals surface area contributed by atoms with Crippen LogP contribution in [0.3, 0.4) is 0 Å². The second-order valence-electron chi connectivity index (χ2n) is 7.52. The van der Waals surface area contributed by atoms with Crippen LogP contribution in [0.4, 0.5) is 4.39 Å². The lowest BCUT2D eigenvalue weighted by atomic mass is 9.81. The van der Waals surface area contributed by atoms with Crippen molar-refractivity contribution in [2.75, 3.05) is 27.4 Å². The molecule has 0 aromatic heterocycles. The van der Waals surface area contributed by atoms with Gasteiger partial charge in [0.1, 0.15) is 23.8 Å². The second-order valence-corrected chi connectivity index (χ2v) is 7.52. The fraction of sp³-hybridized carbons (Fsp3) is 0.524. The molecule has 1 heterocycles. The first-order chi connectivity index (χ1) is 13.1. The van der Waals surface area contributed by atoms with Crippen molar-refractivity contribution in [2.24, 2.45) is 0 Å². The third-order valence-electron chi connectivity index (χ3n) is 5.13. The van der Waals surface area contributed by atoms with Crippen molar-refractivity contribution in [3.8, 4) is 23.8 Å². The summed E-state index contributed by atoms with van der Waals surface area (Å²) in [5, 5.41) is 0. The lowest BCUT2D eigenvalue weighted by Gasteiger charge is -2.32. The van der Waals surface area contributed by atoms with Gasteiger partial charge in [0.25, 0.3) is 0 Å². The van der Waals surface area contributed by atoms with E-state index in [1.807, 2.05) is 27.7 Å². The quantitative estimate of drug-likeness (QED) is 0.381. The van der Waals surface area contributed by atoms with Crippen LogP contribution in [0, 0.1) is 12.3 Å². The molecule has 0 N–H and O–H groups in total. The number of methoxy groups -OCH3 is 2. The Kier molecular flexibility index (Phi) is 7.16. The molecule has 152 valence electrons. The van der Waals surface area contributed by atoms with Gasteiger partial charge in [0.2, 0.25) is 0 Å². The third kappa shape index (κ3) is 4.88. The summed E-state index contributed by atoms with van der Waals surface area (Å²) in [5.41, 5.74) is -0.795. The Labute approximate surface area is 167 Å². The Morgan fingerprint density at radius 1 is 1.07 bits per heavy atom. The summed E-state index contributed by atoms with van der Waals surface area (Å²) in [6.07, 6.45) is 5.50. The van der Waals surface area contributed by atoms with Gasteiger partial charge in [-0.05, 0) is 57.4 Å². The number of ether oxygens (including phenoxy) is 3. The molecule has 1 aliphatic rings. The molecule has 0 bridgehead atoms. The van der Waals surface area contributed by atoms with E-state index in [-0.39, 0.29) is 19.6 Å². The Morgan fingerprint density at radius 3 is 2.07 bits per heavy atom. The Bertz CT molecular complexity index is 728. The molecule has 1 aliphatic heterocycles. The molecule has 1 aromatic rings. The minimum Gasteiger partial charge on any atom is -0.497 e. The molecule has 7 heteroatoms. The van der Waals surface area contributed by atoms with Gasteiger partial charge in [-0.3, -0.25) is 0 Å². The van der Waals surface area contributed by atoms with Gasteiger partial charge >= 0.3 is 7.12 Å². The lowest BCUT2D eigenvalue weighted by molar-refractivity contribution is 0.00578. The van der Waals surface area contributed by atoms with Crippen molar-refractivity contribution in [3.05, 3.63) is 29.5 Å². The van der Waals surface area contributed by atoms with Gasteiger partial charge in [0.05, 0.1) is 32.0 Å². The van der Waals surface area contributed by atoms with E-state index in [1.54, 1.807) is 32.4 Å². The molecule has 0 radical (unpaired) electrons. The van der Waals surface area contributed by atoms with Crippen molar-refractivity contribution in [1.29, 1.82) is 0 Å². The average Bonchev–Trinajstić information content (AvgIpc) is 2.88. The van der Waals surface area contributed by atoms with Gasteiger partial charge in [0.15, 0.2) is 0 Å². The highest BCUT2D eigenvalue weighted by molar-refractivity contribution is 6.55. The summed E-state index contributed by atoms with van der Waals surface area (Å²) in [5.74, 6) is 3.51. The van der Waals surface area contributed by atoms with Gasteiger partial charge in [-0.25, -0.2) is 4.39 Å². The first kappa shape index (κ1) is 22.3. The molecular weight excluding hydrogens is 362 g/mol. The van der Waals surface area contributed by atoms with Crippen molar-refractivity contribution in [2.45, 2.75) is 45.3 Å². The minimum absolute atomic E-state index is 0.160. The van der Waals surface area contributed by atoms with Crippen molar-refractivity contribution < 1.29 is 27.9 Å². The van der Waals surface area contributed by atoms with E-state index in [1.165, 1.54) is 0 Å². The van der Waals surface area contributed by atoms with Crippen LogP contribution < -0.4 is 9.47 Å². The summed E-state index contributed by atoms with van der Waals surface area (Å²) in [7, 11) is 1.98. The molecule has 1 saturated heterocycles. The predicted octanol–water partition coefficient (Wildman–Crippen LogP) is 4.06. The first-order valence-electron chi connectivity index (χ1n) is 9.14. The van der Waals surface area contributed by atoms with Gasteiger partial charge in [-0.1, -0.05) is 5.92 Å². The van der Waals surface area contributed by atoms with Crippen LogP contribution >= 0.6 is 0 Å². The van der Waals surface area contributed by atoms with Gasteiger partial charge in [-0.15, -0.1) is 6.42 Å². The number of hydrogen-bond donors (Lipinski definition) is 0. The summed E-state index contributed by atoms with van der Waals surface area (Å²) in [6, 6.07) is 5.20. The SMILES string of the molecule is C#CCOCCC(=C(F)B1OC(C)(C)C(C)(C)O1)c1cc(OC)cc(OC)c1. The molecule has 0 unspecified atom stereocenters. The maximum atomic E-state index is 15.6. The van der Waals surface area contributed by atoms with Crippen molar-refractivity contribution in [3.63, 3.8) is 0 Å². The molecule has 0 amide bonds. The van der Waals surface area contributed by atoms with Crippen molar-refractivity contribution in [1.82, 2.24) is 0 Å². The van der Waals surface area contributed by atoms with E-state index in [0.717, 1.165) is 0 Å². The predicted molar refractivity (Wildman–Crippen MR) is 108 cm³/mol. The fourth-order valence-corrected chi connectivity index (χ4v) is 2.78. The molecule has 28 heavy (non-hydrogen) atoms. The highest BCUT2D eigenvalue weighted by atomic mass is 19.1. The Hall–Kier alpha value is -2.01. The molecule has 5 nitrogen and oxygen atoms in total. The van der Waals surface area contributed by atoms with E-state index >= 15 is 4.39 Å². The van der Waals surface area contributed by atoms with Crippen LogP contribution in [-0.4, -0.2) is 45.8 Å². The second kappa shape index (κ2) is 9.00. The average molecular weight is 390 g/mol. The van der Waals surface area contributed by atoms with Crippen LogP contribution in [0.15, 0.2) is 23.9 Å². The monoisotopic (exact) mass is 390 g/mol. The topological polar surface area (TPSA) is 46.2 Å². The standard InChI is InChI=1S/C21H28BFO5/c1-8-10-26-11-9-18(15-12-16(24-6)14-17(13-15)25-7)19(23)22-27-20(2,3)21(4,5)28-22/h1,12-14H,9-11H2,2-7H3. The summed E-state index contributed by atoms with van der Waals surface area (Å²) in [6.45, 7) is 7.93. The van der Waals surface area contributed by atoms with E-state index in [9.17, 15) is 0 Å². The Morgan fingerprint density at radius 2 is 1.61 bits per heavy atom. The molecule has 0 atom stereocenters. The smallest absolute Gasteiger partial charge is 0.497 e. The maximum Gasteiger partial charge on any atom is 0.525 e. The van der Waals surface area contributed by atoms with E-state index in [0.29, 0.717) is 22.6 Å². The van der Waals surface area contributed by atoms with Crippen LogP contribution in [0.2, 0.25) is 0 Å². The molecular formula is C21H28BFO5. The van der Waals surface area contributed by atoms with Crippen LogP contribution in [-0.2, 0) is 14.0 Å². The molecule has 1 aromatic carbocycles. The van der Waals surface area contributed by atoms with Gasteiger partial charge in [-0.2, -0.15) is 0 Å². The Balaban J connectivity index is 2.44. The zero-order chi connectivity index (χ0) is 20.9. The van der Waals surface area contributed by atoms with E-state index in [4.69, 9.17) is 29.9 Å². The largest absolute Gasteiger partial charge is 0.525 e. The van der Waals surface area contributed by atoms with Crippen LogP contribution in [0.5, 0.6) is 11.5 Å². The number of terminal acetylenes is 1. The minimum atomic E-state index is -1.11. The highest BCUT2D eigenvalue weighted by Crippen LogP contribution is 2.41. The lowest BCUT2D eigenvalue weighted by Crippen LogP contribution is -2.41. The van der Waals surface area contributed by atoms with Gasteiger partial charge < -0.3 is 23.5 Å². The third-order valence-corrected chi connectivity index (χ3v) is 5.13. The normalized spacial score (nSPS) is 18.4. The summed E-state index contributed by atoms with van der Waals surface area (Å²) >= 11 is 0. The number of rotatable bonds is 8. The zero-order valence-electron chi connectivity index (χ0n) is 17.4. The van der Waals surface area contributed by atoms with Crippen LogP contribution in [0.25, 0.3) is 5.57 Å². The molecule has 0 saturated carbocycles. The number of benzene rings is 1. The number of hydrogen-bond acceptors (Lipinski definition) is 5. The highest BCUT2D eigenvalue weighted by Gasteiger charge is 2.53. The van der Waals surface area contributed by atoms with Crippen LogP contribution in [0.1, 0.15) is 39.7 Å². The van der Waals surface area contributed by atoms with Crippen molar-refractivity contribution >= 4 is 12.7 Å². The van der Waals surface area contributed by atoms with Gasteiger partial charge in [0, 0.05) is 6.07 Å². The molecule has 0 aliphatic carbocycles. The molecule has 1 fully saturated rings. The van der Waals surface area contributed by atoms with E-state index < -0.39 is 24.0 Å². The number of halogens is 1. The maximum absolute atomic E-state index is 15.6. The zero-order valence-corrected chi connectivity index (χ0v) is 17.4. The fourth-order valence-electron chi connectivity index (χ4n) is 2.78. The summed E-state index contributed by atoms with van der Waals surface area (Å²) < 4.78 is 43.3. The summed E-state index contributed by atoms with van der Waals surface area (Å²) in [4.78, 5) is 0. The van der Waals surface area contributed by atoms with E-state index in [2.05, 4.69) is 5.92 Å². The first-order valence-corrected chi connectivity index (χ1v) is 9.14. The molecule has 2 rings (SSSR count).